The Kier molecular flexibility index (Phi) is 5.34. The maximum Gasteiger partial charge on any atom is 0.257 e. The van der Waals surface area contributed by atoms with Crippen LogP contribution in [0.2, 0.25) is 0 Å². The first-order chi connectivity index (χ1) is 13.2. The van der Waals surface area contributed by atoms with Gasteiger partial charge in [0.05, 0.1) is 12.0 Å². The van der Waals surface area contributed by atoms with Gasteiger partial charge in [-0.3, -0.25) is 19.4 Å². The van der Waals surface area contributed by atoms with Crippen LogP contribution in [0.3, 0.4) is 0 Å². The number of imide groups is 1. The van der Waals surface area contributed by atoms with E-state index in [2.05, 4.69) is 4.90 Å². The number of ether oxygens (including phenoxy) is 2. The number of halogens is 1. The zero-order chi connectivity index (χ0) is 18.4. The molecule has 1 aromatic rings. The lowest BCUT2D eigenvalue weighted by atomic mass is 10.0. The summed E-state index contributed by atoms with van der Waals surface area (Å²) < 4.78 is 11.9. The lowest BCUT2D eigenvalue weighted by Crippen LogP contribution is -2.53. The van der Waals surface area contributed by atoms with Gasteiger partial charge in [-0.1, -0.05) is 18.2 Å². The van der Waals surface area contributed by atoms with Gasteiger partial charge in [-0.05, 0) is 44.4 Å². The maximum atomic E-state index is 12.7. The Morgan fingerprint density at radius 1 is 1.11 bits per heavy atom. The summed E-state index contributed by atoms with van der Waals surface area (Å²) in [4.78, 5) is 29.3. The van der Waals surface area contributed by atoms with Gasteiger partial charge in [0.2, 0.25) is 5.91 Å². The van der Waals surface area contributed by atoms with Crippen LogP contribution in [-0.4, -0.2) is 60.0 Å². The summed E-state index contributed by atoms with van der Waals surface area (Å²) in [6, 6.07) is 7.69. The van der Waals surface area contributed by atoms with Crippen molar-refractivity contribution in [1.29, 1.82) is 0 Å². The first-order valence-electron chi connectivity index (χ1n) is 9.89. The minimum Gasteiger partial charge on any atom is -0.486 e. The van der Waals surface area contributed by atoms with Crippen LogP contribution >= 0.6 is 12.4 Å². The molecular weight excluding hydrogens is 380 g/mol. The molecule has 2 saturated heterocycles. The van der Waals surface area contributed by atoms with E-state index in [0.29, 0.717) is 6.61 Å². The molecule has 3 aliphatic heterocycles. The summed E-state index contributed by atoms with van der Waals surface area (Å²) in [6.45, 7) is 2.95. The molecule has 3 atom stereocenters. The number of carbonyl (C=O) groups is 2. The van der Waals surface area contributed by atoms with Crippen molar-refractivity contribution in [3.05, 3.63) is 35.9 Å². The van der Waals surface area contributed by atoms with E-state index < -0.39 is 0 Å². The van der Waals surface area contributed by atoms with Crippen molar-refractivity contribution in [3.8, 4) is 11.5 Å². The van der Waals surface area contributed by atoms with Gasteiger partial charge in [0.15, 0.2) is 11.5 Å². The Balaban J connectivity index is 0.00000192. The second-order valence-corrected chi connectivity index (χ2v) is 7.86. The fourth-order valence-corrected chi connectivity index (χ4v) is 4.80. The molecule has 2 fully saturated rings. The van der Waals surface area contributed by atoms with Crippen LogP contribution in [0.1, 0.15) is 25.7 Å². The Morgan fingerprint density at radius 3 is 2.75 bits per heavy atom. The van der Waals surface area contributed by atoms with Gasteiger partial charge in [-0.25, -0.2) is 0 Å². The summed E-state index contributed by atoms with van der Waals surface area (Å²) in [5, 5.41) is 0. The Bertz CT molecular complexity index is 811. The third-order valence-corrected chi connectivity index (χ3v) is 6.07. The van der Waals surface area contributed by atoms with Gasteiger partial charge >= 0.3 is 0 Å². The zero-order valence-corrected chi connectivity index (χ0v) is 16.5. The molecule has 1 aliphatic carbocycles. The van der Waals surface area contributed by atoms with Crippen LogP contribution in [0.25, 0.3) is 0 Å². The lowest BCUT2D eigenvalue weighted by Gasteiger charge is -2.38. The highest BCUT2D eigenvalue weighted by Gasteiger charge is 2.48. The highest BCUT2D eigenvalue weighted by Crippen LogP contribution is 2.37. The van der Waals surface area contributed by atoms with Crippen molar-refractivity contribution < 1.29 is 19.1 Å². The zero-order valence-electron chi connectivity index (χ0n) is 15.7. The molecule has 150 valence electrons. The second-order valence-electron chi connectivity index (χ2n) is 7.86. The molecule has 4 aliphatic rings. The number of para-hydroxylation sites is 2. The highest BCUT2D eigenvalue weighted by atomic mass is 35.5. The maximum absolute atomic E-state index is 12.7. The predicted octanol–water partition coefficient (Wildman–Crippen LogP) is 2.42. The third-order valence-electron chi connectivity index (χ3n) is 6.07. The van der Waals surface area contributed by atoms with Crippen molar-refractivity contribution >= 4 is 24.2 Å². The average Bonchev–Trinajstić information content (AvgIpc) is 3.26. The Hall–Kier alpha value is -2.05. The number of nitrogens with zero attached hydrogens (tertiary/aromatic N) is 2. The molecule has 5 rings (SSSR count). The van der Waals surface area contributed by atoms with E-state index in [1.54, 1.807) is 4.90 Å². The molecule has 1 aromatic carbocycles. The van der Waals surface area contributed by atoms with E-state index >= 15 is 0 Å². The molecule has 28 heavy (non-hydrogen) atoms. The first-order valence-corrected chi connectivity index (χ1v) is 9.89. The number of carbonyl (C=O) groups excluding carboxylic acids is 2. The molecular formula is C21H25ClN2O4. The number of allylic oxidation sites excluding steroid dienone is 1. The highest BCUT2D eigenvalue weighted by molar-refractivity contribution is 6.15. The van der Waals surface area contributed by atoms with E-state index in [1.807, 2.05) is 30.3 Å². The summed E-state index contributed by atoms with van der Waals surface area (Å²) in [5.74, 6) is 1.35. The van der Waals surface area contributed by atoms with Gasteiger partial charge < -0.3 is 9.47 Å². The number of hydrogen-bond acceptors (Lipinski definition) is 5. The van der Waals surface area contributed by atoms with E-state index in [0.717, 1.165) is 62.4 Å². The number of hydrogen-bond donors (Lipinski definition) is 0. The summed E-state index contributed by atoms with van der Waals surface area (Å²) in [6.07, 6.45) is 5.43. The SMILES string of the molecule is Cl.O=C1C2=CCCC2C(=O)N1C1CCCN(CC2COc3ccccc3O2)C1. The van der Waals surface area contributed by atoms with Gasteiger partial charge in [-0.15, -0.1) is 12.4 Å². The molecule has 0 radical (unpaired) electrons. The monoisotopic (exact) mass is 404 g/mol. The molecule has 0 N–H and O–H groups in total. The molecule has 7 heteroatoms. The number of fused-ring (bicyclic) bond motifs is 2. The fourth-order valence-electron chi connectivity index (χ4n) is 4.80. The topological polar surface area (TPSA) is 59.1 Å². The average molecular weight is 405 g/mol. The molecule has 3 heterocycles. The minimum absolute atomic E-state index is 0. The summed E-state index contributed by atoms with van der Waals surface area (Å²) >= 11 is 0. The van der Waals surface area contributed by atoms with Gasteiger partial charge in [0.1, 0.15) is 12.7 Å². The van der Waals surface area contributed by atoms with Crippen molar-refractivity contribution in [3.63, 3.8) is 0 Å². The van der Waals surface area contributed by atoms with Crippen LogP contribution in [0.5, 0.6) is 11.5 Å². The molecule has 6 nitrogen and oxygen atoms in total. The van der Waals surface area contributed by atoms with Crippen LogP contribution in [0.15, 0.2) is 35.9 Å². The number of benzene rings is 1. The number of amides is 2. The number of piperidine rings is 1. The summed E-state index contributed by atoms with van der Waals surface area (Å²) in [5.41, 5.74) is 0.734. The van der Waals surface area contributed by atoms with Gasteiger partial charge in [0, 0.05) is 18.7 Å². The van der Waals surface area contributed by atoms with Crippen molar-refractivity contribution in [2.24, 2.45) is 5.92 Å². The van der Waals surface area contributed by atoms with Crippen LogP contribution in [0, 0.1) is 5.92 Å². The van der Waals surface area contributed by atoms with Crippen molar-refractivity contribution in [2.75, 3.05) is 26.2 Å². The third kappa shape index (κ3) is 3.29. The minimum atomic E-state index is -0.181. The molecule has 0 saturated carbocycles. The first kappa shape index (κ1) is 19.3. The van der Waals surface area contributed by atoms with Crippen LogP contribution < -0.4 is 9.47 Å². The Morgan fingerprint density at radius 2 is 1.93 bits per heavy atom. The smallest absolute Gasteiger partial charge is 0.257 e. The van der Waals surface area contributed by atoms with E-state index in [1.165, 1.54) is 0 Å². The predicted molar refractivity (Wildman–Crippen MR) is 106 cm³/mol. The van der Waals surface area contributed by atoms with E-state index in [-0.39, 0.29) is 42.3 Å². The molecule has 0 bridgehead atoms. The number of likely N-dealkylation sites (tertiary alicyclic amines) is 2. The number of rotatable bonds is 3. The Labute approximate surface area is 170 Å². The fraction of sp³-hybridized carbons (Fsp3) is 0.524. The molecule has 2 amide bonds. The van der Waals surface area contributed by atoms with Crippen LogP contribution in [-0.2, 0) is 9.59 Å². The van der Waals surface area contributed by atoms with Gasteiger partial charge in [-0.2, -0.15) is 0 Å². The van der Waals surface area contributed by atoms with Gasteiger partial charge in [0.25, 0.3) is 5.91 Å². The van der Waals surface area contributed by atoms with Crippen molar-refractivity contribution in [1.82, 2.24) is 9.80 Å². The normalized spacial score (nSPS) is 29.4. The van der Waals surface area contributed by atoms with E-state index in [4.69, 9.17) is 9.47 Å². The quantitative estimate of drug-likeness (QED) is 0.724. The standard InChI is InChI=1S/C21H24N2O4.ClH/c24-20-16-6-3-7-17(16)21(25)23(20)14-5-4-10-22(11-14)12-15-13-26-18-8-1-2-9-19(18)27-15;/h1-2,6,8-9,14-15,17H,3-5,7,10-13H2;1H. The largest absolute Gasteiger partial charge is 0.486 e. The van der Waals surface area contributed by atoms with E-state index in [9.17, 15) is 9.59 Å². The molecule has 0 aromatic heterocycles. The molecule has 3 unspecified atom stereocenters. The van der Waals surface area contributed by atoms with Crippen LogP contribution in [0.4, 0.5) is 0 Å². The lowest BCUT2D eigenvalue weighted by molar-refractivity contribution is -0.143. The summed E-state index contributed by atoms with van der Waals surface area (Å²) in [7, 11) is 0. The van der Waals surface area contributed by atoms with Crippen molar-refractivity contribution in [2.45, 2.75) is 37.8 Å². The second kappa shape index (κ2) is 7.76. The molecule has 0 spiro atoms.